The average molecular weight is 430 g/mol. The van der Waals surface area contributed by atoms with Gasteiger partial charge in [0.2, 0.25) is 5.91 Å². The molecule has 0 spiro atoms. The molecule has 0 fully saturated rings. The fourth-order valence-corrected chi connectivity index (χ4v) is 2.59. The fraction of sp³-hybridized carbons (Fsp3) is 0.423. The van der Waals surface area contributed by atoms with E-state index < -0.39 is 12.1 Å². The summed E-state index contributed by atoms with van der Waals surface area (Å²) >= 11 is 0. The van der Waals surface area contributed by atoms with Gasteiger partial charge in [0.25, 0.3) is 0 Å². The highest BCUT2D eigenvalue weighted by molar-refractivity contribution is 5.81. The van der Waals surface area contributed by atoms with Crippen LogP contribution in [0, 0.1) is 0 Å². The molecule has 5 nitrogen and oxygen atoms in total. The Bertz CT molecular complexity index is 710. The van der Waals surface area contributed by atoms with Crippen LogP contribution in [-0.2, 0) is 16.0 Å². The molecule has 0 bridgehead atoms. The second kappa shape index (κ2) is 18.2. The van der Waals surface area contributed by atoms with Crippen molar-refractivity contribution >= 4 is 5.91 Å². The molecular formula is C26H39NO4. The zero-order valence-electron chi connectivity index (χ0n) is 19.8. The van der Waals surface area contributed by atoms with Gasteiger partial charge in [0.15, 0.2) is 0 Å². The number of benzene rings is 2. The molecule has 2 rings (SSSR count). The second-order valence-electron chi connectivity index (χ2n) is 6.32. The van der Waals surface area contributed by atoms with Gasteiger partial charge in [0.05, 0.1) is 19.8 Å². The summed E-state index contributed by atoms with van der Waals surface area (Å²) in [4.78, 5) is 12.6. The summed E-state index contributed by atoms with van der Waals surface area (Å²) in [7, 11) is 1.62. The number of allylic oxidation sites excluding steroid dienone is 2. The smallest absolute Gasteiger partial charge is 0.250 e. The molecule has 0 aliphatic carbocycles. The predicted octanol–water partition coefficient (Wildman–Crippen LogP) is 5.10. The highest BCUT2D eigenvalue weighted by atomic mass is 16.5. The monoisotopic (exact) mass is 429 g/mol. The third-order valence-corrected chi connectivity index (χ3v) is 4.27. The van der Waals surface area contributed by atoms with Gasteiger partial charge in [0.1, 0.15) is 11.9 Å². The van der Waals surface area contributed by atoms with E-state index in [4.69, 9.17) is 9.47 Å². The van der Waals surface area contributed by atoms with Crippen LogP contribution < -0.4 is 10.1 Å². The summed E-state index contributed by atoms with van der Waals surface area (Å²) < 4.78 is 10.8. The van der Waals surface area contributed by atoms with Crippen molar-refractivity contribution < 1.29 is 19.4 Å². The predicted molar refractivity (Wildman–Crippen MR) is 128 cm³/mol. The van der Waals surface area contributed by atoms with Crippen LogP contribution in [0.2, 0.25) is 0 Å². The number of nitrogens with one attached hydrogen (secondary N) is 1. The van der Waals surface area contributed by atoms with Crippen molar-refractivity contribution in [3.63, 3.8) is 0 Å². The maximum atomic E-state index is 12.6. The molecule has 0 saturated heterocycles. The third kappa shape index (κ3) is 11.4. The van der Waals surface area contributed by atoms with Gasteiger partial charge >= 0.3 is 0 Å². The lowest BCUT2D eigenvalue weighted by Crippen LogP contribution is -2.41. The molecule has 5 heteroatoms. The first-order valence-electron chi connectivity index (χ1n) is 10.9. The van der Waals surface area contributed by atoms with Crippen molar-refractivity contribution in [1.29, 1.82) is 0 Å². The summed E-state index contributed by atoms with van der Waals surface area (Å²) in [5.74, 6) is 0.533. The molecule has 1 amide bonds. The van der Waals surface area contributed by atoms with Gasteiger partial charge in [-0.15, -0.1) is 0 Å². The largest absolute Gasteiger partial charge is 0.497 e. The minimum Gasteiger partial charge on any atom is -0.497 e. The van der Waals surface area contributed by atoms with Crippen molar-refractivity contribution in [2.75, 3.05) is 20.3 Å². The molecule has 31 heavy (non-hydrogen) atoms. The summed E-state index contributed by atoms with van der Waals surface area (Å²) in [6.45, 7) is 10.1. The fourth-order valence-electron chi connectivity index (χ4n) is 2.59. The van der Waals surface area contributed by atoms with Crippen LogP contribution in [0.4, 0.5) is 0 Å². The van der Waals surface area contributed by atoms with Crippen LogP contribution in [0.15, 0.2) is 66.7 Å². The van der Waals surface area contributed by atoms with Crippen molar-refractivity contribution in [3.05, 3.63) is 77.9 Å². The van der Waals surface area contributed by atoms with Gasteiger partial charge in [-0.3, -0.25) is 4.79 Å². The quantitative estimate of drug-likeness (QED) is 0.544. The zero-order chi connectivity index (χ0) is 23.5. The van der Waals surface area contributed by atoms with E-state index in [9.17, 15) is 9.90 Å². The maximum Gasteiger partial charge on any atom is 0.250 e. The van der Waals surface area contributed by atoms with Gasteiger partial charge in [-0.05, 0) is 44.0 Å². The first-order valence-corrected chi connectivity index (χ1v) is 10.9. The summed E-state index contributed by atoms with van der Waals surface area (Å²) in [6, 6.07) is 16.5. The molecule has 0 aromatic heterocycles. The van der Waals surface area contributed by atoms with Crippen LogP contribution in [0.5, 0.6) is 5.75 Å². The highest BCUT2D eigenvalue weighted by Gasteiger charge is 2.22. The zero-order valence-corrected chi connectivity index (χ0v) is 19.8. The van der Waals surface area contributed by atoms with Crippen LogP contribution in [0.1, 0.15) is 51.8 Å². The Morgan fingerprint density at radius 3 is 2.06 bits per heavy atom. The van der Waals surface area contributed by atoms with E-state index in [2.05, 4.69) is 5.32 Å². The van der Waals surface area contributed by atoms with E-state index in [0.29, 0.717) is 13.0 Å². The van der Waals surface area contributed by atoms with Gasteiger partial charge in [-0.1, -0.05) is 68.5 Å². The molecular weight excluding hydrogens is 390 g/mol. The Labute approximate surface area is 188 Å². The van der Waals surface area contributed by atoms with Gasteiger partial charge < -0.3 is 19.9 Å². The maximum absolute atomic E-state index is 12.6. The number of methoxy groups -OCH3 is 1. The molecule has 0 aliphatic heterocycles. The number of carbonyl (C=O) groups is 1. The molecule has 0 heterocycles. The van der Waals surface area contributed by atoms with Crippen molar-refractivity contribution in [2.24, 2.45) is 0 Å². The second-order valence-corrected chi connectivity index (χ2v) is 6.32. The lowest BCUT2D eigenvalue weighted by molar-refractivity contribution is -0.133. The van der Waals surface area contributed by atoms with Gasteiger partial charge in [-0.25, -0.2) is 0 Å². The number of aliphatic hydroxyl groups is 1. The summed E-state index contributed by atoms with van der Waals surface area (Å²) in [5, 5.41) is 12.5. The number of hydrogen-bond acceptors (Lipinski definition) is 4. The van der Waals surface area contributed by atoms with Crippen LogP contribution in [0.25, 0.3) is 0 Å². The van der Waals surface area contributed by atoms with Crippen molar-refractivity contribution in [3.8, 4) is 5.75 Å². The standard InChI is InChI=1S/C20H25NO4.C4H8.C2H6/c1-3-25-19(13-15-9-11-17(24-2)12-10-15)20(23)21-18(14-22)16-7-5-4-6-8-16;1-3-4-2;1-2/h4-12,18-19,22H,3,13-14H2,1-2H3,(H,21,23);3-4H,1-2H3;1-2H3/b;4-3-;/t18?,19-;;/m0../s1. The normalized spacial score (nSPS) is 12.0. The molecule has 0 radical (unpaired) electrons. The Morgan fingerprint density at radius 1 is 1.03 bits per heavy atom. The molecule has 2 aromatic carbocycles. The Hall–Kier alpha value is -2.63. The number of amides is 1. The topological polar surface area (TPSA) is 67.8 Å². The van der Waals surface area contributed by atoms with Crippen LogP contribution in [-0.4, -0.2) is 37.4 Å². The summed E-state index contributed by atoms with van der Waals surface area (Å²) in [6.07, 6.45) is 3.84. The van der Waals surface area contributed by atoms with E-state index in [-0.39, 0.29) is 12.5 Å². The van der Waals surface area contributed by atoms with Crippen LogP contribution >= 0.6 is 0 Å². The molecule has 0 aliphatic rings. The van der Waals surface area contributed by atoms with Crippen LogP contribution in [0.3, 0.4) is 0 Å². The lowest BCUT2D eigenvalue weighted by Gasteiger charge is -2.22. The molecule has 2 atom stereocenters. The van der Waals surface area contributed by atoms with E-state index in [0.717, 1.165) is 16.9 Å². The molecule has 172 valence electrons. The first kappa shape index (κ1) is 28.4. The SMILES string of the molecule is C/C=C\C.CC.CCO[C@@H](Cc1ccc(OC)cc1)C(=O)NC(CO)c1ccccc1. The lowest BCUT2D eigenvalue weighted by atomic mass is 10.0. The Balaban J connectivity index is 0.00000134. The number of ether oxygens (including phenoxy) is 2. The molecule has 2 aromatic rings. The van der Waals surface area contributed by atoms with Crippen molar-refractivity contribution in [1.82, 2.24) is 5.32 Å². The Morgan fingerprint density at radius 2 is 1.61 bits per heavy atom. The van der Waals surface area contributed by atoms with E-state index in [1.54, 1.807) is 7.11 Å². The number of aliphatic hydroxyl groups excluding tert-OH is 1. The third-order valence-electron chi connectivity index (χ3n) is 4.27. The number of hydrogen-bond donors (Lipinski definition) is 2. The van der Waals surface area contributed by atoms with Gasteiger partial charge in [0, 0.05) is 13.0 Å². The van der Waals surface area contributed by atoms with Crippen molar-refractivity contribution in [2.45, 2.75) is 53.2 Å². The number of carbonyl (C=O) groups excluding carboxylic acids is 1. The average Bonchev–Trinajstić information content (AvgIpc) is 2.84. The molecule has 1 unspecified atom stereocenters. The van der Waals surface area contributed by atoms with E-state index in [1.165, 1.54) is 0 Å². The number of rotatable bonds is 9. The first-order chi connectivity index (χ1) is 15.1. The van der Waals surface area contributed by atoms with Gasteiger partial charge in [-0.2, -0.15) is 0 Å². The highest BCUT2D eigenvalue weighted by Crippen LogP contribution is 2.16. The van der Waals surface area contributed by atoms with E-state index >= 15 is 0 Å². The molecule has 0 saturated carbocycles. The van der Waals surface area contributed by atoms with E-state index in [1.807, 2.05) is 101 Å². The molecule has 2 N–H and O–H groups in total. The Kier molecular flexibility index (Phi) is 16.6. The minimum atomic E-state index is -0.615. The summed E-state index contributed by atoms with van der Waals surface area (Å²) in [5.41, 5.74) is 1.84. The minimum absolute atomic E-state index is 0.170.